The topological polar surface area (TPSA) is 78.1 Å². The van der Waals surface area contributed by atoms with Crippen molar-refractivity contribution < 1.29 is 13.6 Å². The molecule has 5 nitrogen and oxygen atoms in total. The van der Waals surface area contributed by atoms with Crippen LogP contribution in [0.1, 0.15) is 11.3 Å². The van der Waals surface area contributed by atoms with Crippen LogP contribution < -0.4 is 10.6 Å². The van der Waals surface area contributed by atoms with Gasteiger partial charge in [0.15, 0.2) is 0 Å². The van der Waals surface area contributed by atoms with E-state index in [1.807, 2.05) is 12.1 Å². The van der Waals surface area contributed by atoms with Crippen molar-refractivity contribution in [3.63, 3.8) is 0 Å². The van der Waals surface area contributed by atoms with Gasteiger partial charge >= 0.3 is 0 Å². The number of rotatable bonds is 7. The Labute approximate surface area is 133 Å². The van der Waals surface area contributed by atoms with E-state index in [0.29, 0.717) is 18.7 Å². The molecule has 2 rings (SSSR count). The first-order chi connectivity index (χ1) is 11.2. The van der Waals surface area contributed by atoms with Gasteiger partial charge < -0.3 is 15.1 Å². The summed E-state index contributed by atoms with van der Waals surface area (Å²) in [7, 11) is 0. The number of amides is 1. The van der Waals surface area contributed by atoms with Gasteiger partial charge in [-0.15, -0.1) is 0 Å². The molecule has 0 fully saturated rings. The molecule has 0 saturated carbocycles. The number of benzene rings is 1. The Morgan fingerprint density at radius 3 is 2.91 bits per heavy atom. The fraction of sp³-hybridized carbons (Fsp3) is 0.176. The van der Waals surface area contributed by atoms with E-state index in [2.05, 4.69) is 10.6 Å². The van der Waals surface area contributed by atoms with Gasteiger partial charge in [0.05, 0.1) is 12.8 Å². The van der Waals surface area contributed by atoms with E-state index in [4.69, 9.17) is 9.68 Å². The largest absolute Gasteiger partial charge is 0.467 e. The molecule has 0 atom stereocenters. The molecule has 0 aliphatic heterocycles. The van der Waals surface area contributed by atoms with Crippen molar-refractivity contribution in [2.24, 2.45) is 0 Å². The van der Waals surface area contributed by atoms with Gasteiger partial charge in [0.25, 0.3) is 5.91 Å². The standard InChI is InChI=1S/C17H16FN3O2/c18-15-4-1-3-13(9-15)6-7-20-11-14(10-19)17(22)21-12-16-5-2-8-23-16/h1-5,8-9,11,20H,6-7,12H2,(H,21,22)/b14-11-. The monoisotopic (exact) mass is 313 g/mol. The van der Waals surface area contributed by atoms with E-state index in [-0.39, 0.29) is 17.9 Å². The molecule has 1 aromatic heterocycles. The maximum atomic E-state index is 13.0. The Bertz CT molecular complexity index is 718. The van der Waals surface area contributed by atoms with Crippen LogP contribution in [0, 0.1) is 17.1 Å². The second kappa shape index (κ2) is 8.39. The number of furan rings is 1. The van der Waals surface area contributed by atoms with Gasteiger partial charge in [-0.25, -0.2) is 4.39 Å². The number of hydrogen-bond acceptors (Lipinski definition) is 4. The number of hydrogen-bond donors (Lipinski definition) is 2. The third-order valence-corrected chi connectivity index (χ3v) is 3.06. The molecule has 0 radical (unpaired) electrons. The molecule has 23 heavy (non-hydrogen) atoms. The predicted molar refractivity (Wildman–Crippen MR) is 82.4 cm³/mol. The summed E-state index contributed by atoms with van der Waals surface area (Å²) in [5, 5.41) is 14.5. The first kappa shape index (κ1) is 16.3. The van der Waals surface area contributed by atoms with E-state index >= 15 is 0 Å². The lowest BCUT2D eigenvalue weighted by molar-refractivity contribution is -0.117. The lowest BCUT2D eigenvalue weighted by Crippen LogP contribution is -2.25. The summed E-state index contributed by atoms with van der Waals surface area (Å²) in [6.45, 7) is 0.703. The van der Waals surface area contributed by atoms with Gasteiger partial charge in [-0.05, 0) is 36.2 Å². The summed E-state index contributed by atoms with van der Waals surface area (Å²) in [5.41, 5.74) is 0.808. The molecule has 1 aromatic carbocycles. The molecule has 0 aliphatic rings. The molecule has 6 heteroatoms. The molecule has 0 unspecified atom stereocenters. The van der Waals surface area contributed by atoms with Gasteiger partial charge in [-0.1, -0.05) is 12.1 Å². The molecule has 2 N–H and O–H groups in total. The van der Waals surface area contributed by atoms with Crippen LogP contribution in [-0.2, 0) is 17.8 Å². The van der Waals surface area contributed by atoms with Gasteiger partial charge in [-0.2, -0.15) is 5.26 Å². The molecular formula is C17H16FN3O2. The lowest BCUT2D eigenvalue weighted by Gasteiger charge is -2.04. The minimum Gasteiger partial charge on any atom is -0.467 e. The number of halogens is 1. The van der Waals surface area contributed by atoms with Crippen LogP contribution in [0.25, 0.3) is 0 Å². The maximum Gasteiger partial charge on any atom is 0.263 e. The quantitative estimate of drug-likeness (QED) is 0.467. The number of nitriles is 1. The zero-order valence-corrected chi connectivity index (χ0v) is 12.4. The smallest absolute Gasteiger partial charge is 0.263 e. The molecule has 0 bridgehead atoms. The van der Waals surface area contributed by atoms with Crippen molar-refractivity contribution in [3.8, 4) is 6.07 Å². The SMILES string of the molecule is N#C/C(=C/NCCc1cccc(F)c1)C(=O)NCc1ccco1. The zero-order valence-electron chi connectivity index (χ0n) is 12.4. The Morgan fingerprint density at radius 2 is 2.22 bits per heavy atom. The van der Waals surface area contributed by atoms with Crippen molar-refractivity contribution in [3.05, 3.63) is 71.6 Å². The van der Waals surface area contributed by atoms with Crippen molar-refractivity contribution >= 4 is 5.91 Å². The van der Waals surface area contributed by atoms with Crippen LogP contribution in [-0.4, -0.2) is 12.5 Å². The molecule has 0 aliphatic carbocycles. The summed E-state index contributed by atoms with van der Waals surface area (Å²) in [6.07, 6.45) is 3.45. The van der Waals surface area contributed by atoms with Crippen molar-refractivity contribution in [1.82, 2.24) is 10.6 Å². The predicted octanol–water partition coefficient (Wildman–Crippen LogP) is 2.27. The highest BCUT2D eigenvalue weighted by molar-refractivity contribution is 5.97. The maximum absolute atomic E-state index is 13.0. The minimum absolute atomic E-state index is 0.0317. The summed E-state index contributed by atoms with van der Waals surface area (Å²) in [4.78, 5) is 11.8. The second-order valence-corrected chi connectivity index (χ2v) is 4.77. The second-order valence-electron chi connectivity index (χ2n) is 4.77. The number of carbonyl (C=O) groups is 1. The molecule has 2 aromatic rings. The molecule has 1 amide bonds. The van der Waals surface area contributed by atoms with E-state index < -0.39 is 5.91 Å². The van der Waals surface area contributed by atoms with E-state index in [1.165, 1.54) is 24.6 Å². The molecule has 1 heterocycles. The Kier molecular flexibility index (Phi) is 5.95. The highest BCUT2D eigenvalue weighted by Crippen LogP contribution is 2.04. The summed E-state index contributed by atoms with van der Waals surface area (Å²) < 4.78 is 18.1. The van der Waals surface area contributed by atoms with Gasteiger partial charge in [0.1, 0.15) is 23.2 Å². The van der Waals surface area contributed by atoms with Gasteiger partial charge in [0, 0.05) is 12.7 Å². The van der Waals surface area contributed by atoms with Crippen molar-refractivity contribution in [1.29, 1.82) is 5.26 Å². The summed E-state index contributed by atoms with van der Waals surface area (Å²) in [5.74, 6) is -0.162. The normalized spacial score (nSPS) is 10.9. The van der Waals surface area contributed by atoms with Crippen LogP contribution >= 0.6 is 0 Å². The fourth-order valence-electron chi connectivity index (χ4n) is 1.91. The number of nitrogens with zero attached hydrogens (tertiary/aromatic N) is 1. The average Bonchev–Trinajstić information content (AvgIpc) is 3.06. The van der Waals surface area contributed by atoms with Crippen LogP contribution in [0.3, 0.4) is 0 Å². The number of carbonyl (C=O) groups excluding carboxylic acids is 1. The lowest BCUT2D eigenvalue weighted by atomic mass is 10.1. The van der Waals surface area contributed by atoms with Crippen molar-refractivity contribution in [2.75, 3.05) is 6.54 Å². The van der Waals surface area contributed by atoms with E-state index in [0.717, 1.165) is 5.56 Å². The highest BCUT2D eigenvalue weighted by atomic mass is 19.1. The van der Waals surface area contributed by atoms with Crippen molar-refractivity contribution in [2.45, 2.75) is 13.0 Å². The highest BCUT2D eigenvalue weighted by Gasteiger charge is 2.08. The fourth-order valence-corrected chi connectivity index (χ4v) is 1.91. The van der Waals surface area contributed by atoms with Crippen LogP contribution in [0.15, 0.2) is 58.9 Å². The van der Waals surface area contributed by atoms with Gasteiger partial charge in [-0.3, -0.25) is 4.79 Å². The average molecular weight is 313 g/mol. The molecule has 118 valence electrons. The first-order valence-corrected chi connectivity index (χ1v) is 7.07. The Hall–Kier alpha value is -3.07. The Balaban J connectivity index is 1.79. The van der Waals surface area contributed by atoms with Gasteiger partial charge in [0.2, 0.25) is 0 Å². The molecule has 0 spiro atoms. The third-order valence-electron chi connectivity index (χ3n) is 3.06. The van der Waals surface area contributed by atoms with Crippen LogP contribution in [0.4, 0.5) is 4.39 Å². The third kappa shape index (κ3) is 5.32. The van der Waals surface area contributed by atoms with E-state index in [9.17, 15) is 9.18 Å². The molecular weight excluding hydrogens is 297 g/mol. The first-order valence-electron chi connectivity index (χ1n) is 7.07. The zero-order chi connectivity index (χ0) is 16.5. The number of nitrogens with one attached hydrogen (secondary N) is 2. The van der Waals surface area contributed by atoms with Crippen LogP contribution in [0.2, 0.25) is 0 Å². The van der Waals surface area contributed by atoms with Crippen LogP contribution in [0.5, 0.6) is 0 Å². The minimum atomic E-state index is -0.484. The van der Waals surface area contributed by atoms with E-state index in [1.54, 1.807) is 18.2 Å². The molecule has 0 saturated heterocycles. The summed E-state index contributed by atoms with van der Waals surface area (Å²) >= 11 is 0. The Morgan fingerprint density at radius 1 is 1.35 bits per heavy atom. The summed E-state index contributed by atoms with van der Waals surface area (Å²) in [6, 6.07) is 11.6.